The van der Waals surface area contributed by atoms with Crippen molar-refractivity contribution in [2.24, 2.45) is 0 Å². The van der Waals surface area contributed by atoms with E-state index in [1.807, 2.05) is 0 Å². The molecule has 0 atom stereocenters. The number of methoxy groups -OCH3 is 1. The zero-order valence-corrected chi connectivity index (χ0v) is 15.6. The summed E-state index contributed by atoms with van der Waals surface area (Å²) in [5, 5.41) is 15.8. The van der Waals surface area contributed by atoms with Crippen molar-refractivity contribution >= 4 is 56.5 Å². The summed E-state index contributed by atoms with van der Waals surface area (Å²) in [5.74, 6) is -0.969. The highest BCUT2D eigenvalue weighted by molar-refractivity contribution is 9.10. The van der Waals surface area contributed by atoms with Crippen LogP contribution in [0.25, 0.3) is 0 Å². The molecule has 1 amide bonds. The third-order valence-corrected chi connectivity index (χ3v) is 3.63. The molecule has 136 valence electrons. The number of halogens is 1. The van der Waals surface area contributed by atoms with Crippen LogP contribution in [-0.4, -0.2) is 42.2 Å². The summed E-state index contributed by atoms with van der Waals surface area (Å²) in [5.41, 5.74) is 0.370. The monoisotopic (exact) mass is 433 g/mol. The Kier molecular flexibility index (Phi) is 8.95. The van der Waals surface area contributed by atoms with E-state index in [1.165, 1.54) is 25.3 Å². The van der Waals surface area contributed by atoms with Gasteiger partial charge in [-0.1, -0.05) is 0 Å². The van der Waals surface area contributed by atoms with Gasteiger partial charge in [-0.25, -0.2) is 0 Å². The van der Waals surface area contributed by atoms with E-state index < -0.39 is 16.8 Å². The molecule has 0 saturated carbocycles. The van der Waals surface area contributed by atoms with Gasteiger partial charge in [0.2, 0.25) is 5.91 Å². The fraction of sp³-hybridized carbons (Fsp3) is 0.357. The van der Waals surface area contributed by atoms with Crippen LogP contribution in [0.3, 0.4) is 0 Å². The van der Waals surface area contributed by atoms with Gasteiger partial charge in [0.25, 0.3) is 5.69 Å². The number of nitro groups is 1. The Bertz CT molecular complexity index is 670. The lowest BCUT2D eigenvalue weighted by Crippen LogP contribution is -2.34. The van der Waals surface area contributed by atoms with Crippen LogP contribution in [-0.2, 0) is 19.1 Å². The van der Waals surface area contributed by atoms with Crippen LogP contribution in [0.4, 0.5) is 11.4 Å². The number of nitrogens with zero attached hydrogens (tertiary/aromatic N) is 1. The quantitative estimate of drug-likeness (QED) is 0.210. The molecule has 0 saturated heterocycles. The Morgan fingerprint density at radius 3 is 2.64 bits per heavy atom. The highest BCUT2D eigenvalue weighted by atomic mass is 79.9. The van der Waals surface area contributed by atoms with E-state index in [4.69, 9.17) is 21.7 Å². The second-order valence-corrected chi connectivity index (χ2v) is 5.90. The largest absolute Gasteiger partial charge is 0.463 e. The Balaban J connectivity index is 2.42. The number of anilines is 1. The first-order valence-corrected chi connectivity index (χ1v) is 8.23. The number of amides is 1. The average molecular weight is 434 g/mol. The predicted octanol–water partition coefficient (Wildman–Crippen LogP) is 2.14. The first kappa shape index (κ1) is 20.9. The standard InChI is InChI=1S/C14H16BrN3O6S/c1-23-6-7-24-13(20)5-4-12(19)17-14(25)16-11-3-2-9(18(21)22)8-10(11)15/h2-3,8H,4-7H2,1H3,(H2,16,17,19,25). The van der Waals surface area contributed by atoms with Crippen LogP contribution >= 0.6 is 28.1 Å². The molecule has 0 heterocycles. The summed E-state index contributed by atoms with van der Waals surface area (Å²) >= 11 is 8.17. The van der Waals surface area contributed by atoms with Crippen molar-refractivity contribution in [2.45, 2.75) is 12.8 Å². The third kappa shape index (κ3) is 8.01. The summed E-state index contributed by atoms with van der Waals surface area (Å²) < 4.78 is 9.98. The molecule has 0 unspecified atom stereocenters. The third-order valence-electron chi connectivity index (χ3n) is 2.77. The number of nitro benzene ring substituents is 1. The van der Waals surface area contributed by atoms with Gasteiger partial charge >= 0.3 is 5.97 Å². The van der Waals surface area contributed by atoms with Crippen LogP contribution in [0.5, 0.6) is 0 Å². The van der Waals surface area contributed by atoms with E-state index in [2.05, 4.69) is 26.6 Å². The maximum atomic E-state index is 11.7. The number of ether oxygens (including phenoxy) is 2. The van der Waals surface area contributed by atoms with Gasteiger partial charge in [0, 0.05) is 30.1 Å². The van der Waals surface area contributed by atoms with Gasteiger partial charge in [-0.3, -0.25) is 19.7 Å². The number of rotatable bonds is 8. The molecule has 25 heavy (non-hydrogen) atoms. The molecule has 0 fully saturated rings. The molecule has 1 aromatic rings. The zero-order valence-electron chi connectivity index (χ0n) is 13.2. The molecule has 1 aromatic carbocycles. The maximum Gasteiger partial charge on any atom is 0.306 e. The van der Waals surface area contributed by atoms with Gasteiger partial charge in [-0.05, 0) is 34.2 Å². The number of thiocarbonyl (C=S) groups is 1. The highest BCUT2D eigenvalue weighted by Gasteiger charge is 2.12. The summed E-state index contributed by atoms with van der Waals surface area (Å²) in [7, 11) is 1.48. The lowest BCUT2D eigenvalue weighted by atomic mass is 10.3. The number of nitrogens with one attached hydrogen (secondary N) is 2. The van der Waals surface area contributed by atoms with Crippen LogP contribution in [0.1, 0.15) is 12.8 Å². The lowest BCUT2D eigenvalue weighted by molar-refractivity contribution is -0.384. The fourth-order valence-corrected chi connectivity index (χ4v) is 2.28. The molecule has 0 aliphatic carbocycles. The maximum absolute atomic E-state index is 11.7. The number of carbonyl (C=O) groups excluding carboxylic acids is 2. The first-order valence-electron chi connectivity index (χ1n) is 7.02. The summed E-state index contributed by atoms with van der Waals surface area (Å²) in [4.78, 5) is 33.2. The topological polar surface area (TPSA) is 120 Å². The Morgan fingerprint density at radius 2 is 2.04 bits per heavy atom. The van der Waals surface area contributed by atoms with E-state index in [-0.39, 0.29) is 36.9 Å². The van der Waals surface area contributed by atoms with Crippen molar-refractivity contribution in [2.75, 3.05) is 25.6 Å². The molecule has 0 bridgehead atoms. The molecule has 0 radical (unpaired) electrons. The molecular formula is C14H16BrN3O6S. The lowest BCUT2D eigenvalue weighted by Gasteiger charge is -2.11. The van der Waals surface area contributed by atoms with E-state index >= 15 is 0 Å². The number of non-ortho nitro benzene ring substituents is 1. The molecule has 0 aliphatic rings. The van der Waals surface area contributed by atoms with Crippen molar-refractivity contribution in [3.8, 4) is 0 Å². The Morgan fingerprint density at radius 1 is 1.32 bits per heavy atom. The Labute approximate surface area is 157 Å². The second-order valence-electron chi connectivity index (χ2n) is 4.64. The minimum absolute atomic E-state index is 0.00676. The van der Waals surface area contributed by atoms with Gasteiger partial charge in [0.15, 0.2) is 5.11 Å². The van der Waals surface area contributed by atoms with E-state index in [0.29, 0.717) is 10.2 Å². The number of carbonyl (C=O) groups is 2. The van der Waals surface area contributed by atoms with Gasteiger partial charge in [0.1, 0.15) is 6.61 Å². The molecular weight excluding hydrogens is 418 g/mol. The molecule has 0 spiro atoms. The molecule has 1 rings (SSSR count). The van der Waals surface area contributed by atoms with Crippen molar-refractivity contribution in [3.05, 3.63) is 32.8 Å². The van der Waals surface area contributed by atoms with E-state index in [1.54, 1.807) is 0 Å². The number of hydrogen-bond donors (Lipinski definition) is 2. The normalized spacial score (nSPS) is 10.0. The average Bonchev–Trinajstić information content (AvgIpc) is 2.55. The number of hydrogen-bond acceptors (Lipinski definition) is 7. The van der Waals surface area contributed by atoms with Crippen LogP contribution in [0, 0.1) is 10.1 Å². The van der Waals surface area contributed by atoms with Crippen molar-refractivity contribution in [3.63, 3.8) is 0 Å². The van der Waals surface area contributed by atoms with E-state index in [9.17, 15) is 19.7 Å². The minimum Gasteiger partial charge on any atom is -0.463 e. The predicted molar refractivity (Wildman–Crippen MR) is 97.2 cm³/mol. The van der Waals surface area contributed by atoms with E-state index in [0.717, 1.165) is 0 Å². The van der Waals surface area contributed by atoms with Gasteiger partial charge in [-0.2, -0.15) is 0 Å². The number of esters is 1. The molecule has 0 aromatic heterocycles. The fourth-order valence-electron chi connectivity index (χ4n) is 1.59. The molecule has 0 aliphatic heterocycles. The molecule has 2 N–H and O–H groups in total. The molecule has 11 heteroatoms. The van der Waals surface area contributed by atoms with Crippen molar-refractivity contribution < 1.29 is 24.0 Å². The van der Waals surface area contributed by atoms with Crippen LogP contribution in [0.15, 0.2) is 22.7 Å². The zero-order chi connectivity index (χ0) is 18.8. The van der Waals surface area contributed by atoms with Crippen LogP contribution in [0.2, 0.25) is 0 Å². The summed E-state index contributed by atoms with van der Waals surface area (Å²) in [6.07, 6.45) is -0.172. The van der Waals surface area contributed by atoms with Crippen molar-refractivity contribution in [1.29, 1.82) is 0 Å². The Hall–Kier alpha value is -2.11. The van der Waals surface area contributed by atoms with Crippen molar-refractivity contribution in [1.82, 2.24) is 5.32 Å². The summed E-state index contributed by atoms with van der Waals surface area (Å²) in [6.45, 7) is 0.418. The highest BCUT2D eigenvalue weighted by Crippen LogP contribution is 2.26. The summed E-state index contributed by atoms with van der Waals surface area (Å²) in [6, 6.07) is 4.06. The van der Waals surface area contributed by atoms with Gasteiger partial charge in [0.05, 0.1) is 23.6 Å². The molecule has 9 nitrogen and oxygen atoms in total. The number of benzene rings is 1. The SMILES string of the molecule is COCCOC(=O)CCC(=O)NC(=S)Nc1ccc([N+](=O)[O-])cc1Br. The smallest absolute Gasteiger partial charge is 0.306 e. The second kappa shape index (κ2) is 10.7. The first-order chi connectivity index (χ1) is 11.8. The van der Waals surface area contributed by atoms with Gasteiger partial charge < -0.3 is 20.1 Å². The minimum atomic E-state index is -0.527. The van der Waals surface area contributed by atoms with Gasteiger partial charge in [-0.15, -0.1) is 0 Å². The van der Waals surface area contributed by atoms with Crippen LogP contribution < -0.4 is 10.6 Å².